The standard InChI is InChI=1S/C12H14FNO5S2/c1-8-5-12(15)14(7-8)21(18,19)11-6-9(20(2,16)17)3-4-10(11)13/h3-4,6,8H,5,7H2,1-2H3. The molecule has 0 aliphatic carbocycles. The fourth-order valence-corrected chi connectivity index (χ4v) is 4.46. The van der Waals surface area contributed by atoms with Crippen molar-refractivity contribution in [2.24, 2.45) is 5.92 Å². The molecular weight excluding hydrogens is 321 g/mol. The van der Waals surface area contributed by atoms with E-state index in [1.54, 1.807) is 6.92 Å². The van der Waals surface area contributed by atoms with E-state index in [9.17, 15) is 26.0 Å². The summed E-state index contributed by atoms with van der Waals surface area (Å²) in [6.45, 7) is 1.67. The van der Waals surface area contributed by atoms with Crippen molar-refractivity contribution in [1.29, 1.82) is 0 Å². The zero-order chi connectivity index (χ0) is 16.0. The SMILES string of the molecule is CC1CC(=O)N(S(=O)(=O)c2cc(S(C)(=O)=O)ccc2F)C1. The molecule has 6 nitrogen and oxygen atoms in total. The van der Waals surface area contributed by atoms with Crippen LogP contribution in [0.5, 0.6) is 0 Å². The van der Waals surface area contributed by atoms with E-state index in [4.69, 9.17) is 0 Å². The first-order chi connectivity index (χ1) is 9.53. The van der Waals surface area contributed by atoms with Gasteiger partial charge in [0.1, 0.15) is 10.7 Å². The Hall–Kier alpha value is -1.48. The number of sulfone groups is 1. The van der Waals surface area contributed by atoms with Crippen LogP contribution in [-0.2, 0) is 24.7 Å². The average molecular weight is 335 g/mol. The van der Waals surface area contributed by atoms with Crippen LogP contribution < -0.4 is 0 Å². The molecule has 0 spiro atoms. The van der Waals surface area contributed by atoms with Gasteiger partial charge in [-0.3, -0.25) is 4.79 Å². The summed E-state index contributed by atoms with van der Waals surface area (Å²) in [6, 6.07) is 2.50. The molecule has 1 unspecified atom stereocenters. The second-order valence-corrected chi connectivity index (χ2v) is 8.95. The zero-order valence-electron chi connectivity index (χ0n) is 11.4. The summed E-state index contributed by atoms with van der Waals surface area (Å²) in [5.41, 5.74) is 0. The van der Waals surface area contributed by atoms with Gasteiger partial charge in [0.2, 0.25) is 5.91 Å². The van der Waals surface area contributed by atoms with Crippen LogP contribution in [0.4, 0.5) is 4.39 Å². The molecule has 0 aromatic heterocycles. The molecule has 0 saturated carbocycles. The van der Waals surface area contributed by atoms with Crippen molar-refractivity contribution >= 4 is 25.8 Å². The van der Waals surface area contributed by atoms with Gasteiger partial charge in [-0.2, -0.15) is 0 Å². The highest BCUT2D eigenvalue weighted by Crippen LogP contribution is 2.28. The van der Waals surface area contributed by atoms with E-state index >= 15 is 0 Å². The third kappa shape index (κ3) is 2.93. The lowest BCUT2D eigenvalue weighted by Crippen LogP contribution is -2.33. The Morgan fingerprint density at radius 3 is 2.33 bits per heavy atom. The summed E-state index contributed by atoms with van der Waals surface area (Å²) in [5.74, 6) is -1.87. The maximum absolute atomic E-state index is 13.8. The third-order valence-corrected chi connectivity index (χ3v) is 6.09. The summed E-state index contributed by atoms with van der Waals surface area (Å²) in [7, 11) is -8.07. The molecule has 116 valence electrons. The lowest BCUT2D eigenvalue weighted by molar-refractivity contribution is -0.123. The van der Waals surface area contributed by atoms with Gasteiger partial charge in [0.15, 0.2) is 9.84 Å². The number of rotatable bonds is 3. The van der Waals surface area contributed by atoms with E-state index in [1.165, 1.54) is 0 Å². The van der Waals surface area contributed by atoms with Crippen LogP contribution in [0, 0.1) is 11.7 Å². The molecule has 2 rings (SSSR count). The smallest absolute Gasteiger partial charge is 0.269 e. The van der Waals surface area contributed by atoms with Gasteiger partial charge < -0.3 is 0 Å². The molecule has 1 fully saturated rings. The van der Waals surface area contributed by atoms with E-state index in [0.717, 1.165) is 24.5 Å². The first-order valence-electron chi connectivity index (χ1n) is 6.08. The predicted molar refractivity (Wildman–Crippen MR) is 72.2 cm³/mol. The van der Waals surface area contributed by atoms with Gasteiger partial charge in [-0.1, -0.05) is 6.92 Å². The minimum absolute atomic E-state index is 0.0380. The second-order valence-electron chi connectivity index (χ2n) is 5.10. The van der Waals surface area contributed by atoms with Crippen LogP contribution in [0.2, 0.25) is 0 Å². The van der Waals surface area contributed by atoms with Crippen molar-refractivity contribution in [2.75, 3.05) is 12.8 Å². The largest absolute Gasteiger partial charge is 0.274 e. The molecule has 0 radical (unpaired) electrons. The number of carbonyl (C=O) groups is 1. The molecule has 1 saturated heterocycles. The Labute approximate surface area is 122 Å². The fraction of sp³-hybridized carbons (Fsp3) is 0.417. The molecule has 1 heterocycles. The first kappa shape index (κ1) is 15.9. The van der Waals surface area contributed by atoms with Gasteiger partial charge >= 0.3 is 0 Å². The molecule has 1 aromatic rings. The van der Waals surface area contributed by atoms with E-state index in [0.29, 0.717) is 4.31 Å². The molecule has 1 aliphatic rings. The Kier molecular flexibility index (Phi) is 3.83. The number of benzene rings is 1. The molecule has 1 aliphatic heterocycles. The number of sulfonamides is 1. The van der Waals surface area contributed by atoms with Crippen molar-refractivity contribution < 1.29 is 26.0 Å². The number of amides is 1. The normalized spacial score (nSPS) is 20.0. The number of hydrogen-bond acceptors (Lipinski definition) is 5. The number of nitrogens with zero attached hydrogens (tertiary/aromatic N) is 1. The summed E-state index contributed by atoms with van der Waals surface area (Å²) in [5, 5.41) is 0. The highest BCUT2D eigenvalue weighted by atomic mass is 32.2. The summed E-state index contributed by atoms with van der Waals surface area (Å²) < 4.78 is 62.1. The highest BCUT2D eigenvalue weighted by molar-refractivity contribution is 7.91. The zero-order valence-corrected chi connectivity index (χ0v) is 13.0. The summed E-state index contributed by atoms with van der Waals surface area (Å²) in [6.07, 6.45) is 0.951. The van der Waals surface area contributed by atoms with Crippen LogP contribution in [-0.4, -0.2) is 39.8 Å². The van der Waals surface area contributed by atoms with E-state index < -0.39 is 36.5 Å². The van der Waals surface area contributed by atoms with Crippen LogP contribution in [0.1, 0.15) is 13.3 Å². The van der Waals surface area contributed by atoms with Crippen molar-refractivity contribution in [3.8, 4) is 0 Å². The Bertz CT molecular complexity index is 801. The Morgan fingerprint density at radius 2 is 1.86 bits per heavy atom. The lowest BCUT2D eigenvalue weighted by atomic mass is 10.2. The van der Waals surface area contributed by atoms with Crippen molar-refractivity contribution in [1.82, 2.24) is 4.31 Å². The monoisotopic (exact) mass is 335 g/mol. The van der Waals surface area contributed by atoms with E-state index in [-0.39, 0.29) is 23.8 Å². The highest BCUT2D eigenvalue weighted by Gasteiger charge is 2.38. The maximum atomic E-state index is 13.8. The molecule has 1 amide bonds. The number of halogens is 1. The molecule has 1 atom stereocenters. The van der Waals surface area contributed by atoms with Gasteiger partial charge in [-0.05, 0) is 24.1 Å². The topological polar surface area (TPSA) is 88.6 Å². The number of hydrogen-bond donors (Lipinski definition) is 0. The fourth-order valence-electron chi connectivity index (χ4n) is 2.11. The van der Waals surface area contributed by atoms with Gasteiger partial charge in [0.05, 0.1) is 4.90 Å². The summed E-state index contributed by atoms with van der Waals surface area (Å²) in [4.78, 5) is 10.6. The van der Waals surface area contributed by atoms with E-state index in [1.807, 2.05) is 0 Å². The Morgan fingerprint density at radius 1 is 1.24 bits per heavy atom. The van der Waals surface area contributed by atoms with Gasteiger partial charge in [0.25, 0.3) is 10.0 Å². The lowest BCUT2D eigenvalue weighted by Gasteiger charge is -2.17. The minimum atomic E-state index is -4.39. The van der Waals surface area contributed by atoms with Crippen LogP contribution in [0.3, 0.4) is 0 Å². The van der Waals surface area contributed by atoms with Crippen molar-refractivity contribution in [3.05, 3.63) is 24.0 Å². The van der Waals surface area contributed by atoms with Crippen LogP contribution in [0.25, 0.3) is 0 Å². The summed E-state index contributed by atoms with van der Waals surface area (Å²) >= 11 is 0. The molecule has 9 heteroatoms. The Balaban J connectivity index is 2.58. The minimum Gasteiger partial charge on any atom is -0.274 e. The van der Waals surface area contributed by atoms with Crippen molar-refractivity contribution in [2.45, 2.75) is 23.1 Å². The molecule has 1 aromatic carbocycles. The van der Waals surface area contributed by atoms with E-state index in [2.05, 4.69) is 0 Å². The maximum Gasteiger partial charge on any atom is 0.269 e. The van der Waals surface area contributed by atoms with Crippen LogP contribution >= 0.6 is 0 Å². The average Bonchev–Trinajstić information content (AvgIpc) is 2.68. The molecular formula is C12H14FNO5S2. The van der Waals surface area contributed by atoms with Crippen molar-refractivity contribution in [3.63, 3.8) is 0 Å². The second kappa shape index (κ2) is 5.06. The van der Waals surface area contributed by atoms with Crippen LogP contribution in [0.15, 0.2) is 28.0 Å². The van der Waals surface area contributed by atoms with Gasteiger partial charge in [0, 0.05) is 19.2 Å². The number of carbonyl (C=O) groups excluding carboxylic acids is 1. The quantitative estimate of drug-likeness (QED) is 0.762. The molecule has 0 N–H and O–H groups in total. The third-order valence-electron chi connectivity index (χ3n) is 3.18. The van der Waals surface area contributed by atoms with Gasteiger partial charge in [-0.15, -0.1) is 0 Å². The first-order valence-corrected chi connectivity index (χ1v) is 9.42. The predicted octanol–water partition coefficient (Wildman–Crippen LogP) is 0.786. The van der Waals surface area contributed by atoms with Gasteiger partial charge in [-0.25, -0.2) is 25.5 Å². The molecule has 0 bridgehead atoms. The molecule has 21 heavy (non-hydrogen) atoms.